The third-order valence-corrected chi connectivity index (χ3v) is 3.73. The first-order chi connectivity index (χ1) is 7.76. The minimum atomic E-state index is 0.587. The summed E-state index contributed by atoms with van der Waals surface area (Å²) in [6.45, 7) is 6.27. The second-order valence-electron chi connectivity index (χ2n) is 4.37. The minimum absolute atomic E-state index is 0.587. The van der Waals surface area contributed by atoms with E-state index in [0.29, 0.717) is 6.04 Å². The SMILES string of the molecule is CCc1nn(CC)c(CC2CCCN2)c1Cl. The summed E-state index contributed by atoms with van der Waals surface area (Å²) in [6, 6.07) is 0.587. The first kappa shape index (κ1) is 11.9. The topological polar surface area (TPSA) is 29.9 Å². The van der Waals surface area contributed by atoms with Crippen LogP contribution in [0.4, 0.5) is 0 Å². The molecule has 0 saturated carbocycles. The standard InChI is InChI=1S/C12H20ClN3/c1-3-10-12(13)11(16(4-2)15-10)8-9-6-5-7-14-9/h9,14H,3-8H2,1-2H3. The van der Waals surface area contributed by atoms with E-state index in [-0.39, 0.29) is 0 Å². The van der Waals surface area contributed by atoms with Crippen molar-refractivity contribution in [3.63, 3.8) is 0 Å². The fourth-order valence-corrected chi connectivity index (χ4v) is 2.72. The van der Waals surface area contributed by atoms with E-state index < -0.39 is 0 Å². The van der Waals surface area contributed by atoms with Crippen LogP contribution >= 0.6 is 11.6 Å². The highest BCUT2D eigenvalue weighted by molar-refractivity contribution is 6.31. The van der Waals surface area contributed by atoms with Crippen molar-refractivity contribution in [2.24, 2.45) is 0 Å². The Bertz CT molecular complexity index is 353. The Morgan fingerprint density at radius 3 is 2.88 bits per heavy atom. The van der Waals surface area contributed by atoms with Gasteiger partial charge >= 0.3 is 0 Å². The smallest absolute Gasteiger partial charge is 0.0850 e. The van der Waals surface area contributed by atoms with Crippen molar-refractivity contribution in [2.45, 2.75) is 52.1 Å². The number of aryl methyl sites for hydroxylation is 2. The number of hydrogen-bond donors (Lipinski definition) is 1. The molecule has 4 heteroatoms. The summed E-state index contributed by atoms with van der Waals surface area (Å²) in [5, 5.41) is 8.94. The van der Waals surface area contributed by atoms with Gasteiger partial charge in [-0.1, -0.05) is 18.5 Å². The first-order valence-electron chi connectivity index (χ1n) is 6.23. The lowest BCUT2D eigenvalue weighted by Gasteiger charge is -2.11. The van der Waals surface area contributed by atoms with Crippen LogP contribution in [0.5, 0.6) is 0 Å². The van der Waals surface area contributed by atoms with Crippen molar-refractivity contribution in [3.8, 4) is 0 Å². The molecule has 0 radical (unpaired) electrons. The summed E-state index contributed by atoms with van der Waals surface area (Å²) in [7, 11) is 0. The Morgan fingerprint density at radius 1 is 1.50 bits per heavy atom. The zero-order valence-electron chi connectivity index (χ0n) is 10.1. The molecule has 90 valence electrons. The lowest BCUT2D eigenvalue weighted by Crippen LogP contribution is -2.25. The molecule has 2 heterocycles. The van der Waals surface area contributed by atoms with Crippen LogP contribution in [0.1, 0.15) is 38.1 Å². The lowest BCUT2D eigenvalue weighted by atomic mass is 10.1. The van der Waals surface area contributed by atoms with E-state index in [1.54, 1.807) is 0 Å². The molecule has 0 amide bonds. The number of nitrogens with one attached hydrogen (secondary N) is 1. The Morgan fingerprint density at radius 2 is 2.31 bits per heavy atom. The molecule has 0 aliphatic carbocycles. The number of hydrogen-bond acceptors (Lipinski definition) is 2. The van der Waals surface area contributed by atoms with Crippen LogP contribution in [-0.4, -0.2) is 22.4 Å². The van der Waals surface area contributed by atoms with Gasteiger partial charge in [0.05, 0.1) is 16.4 Å². The van der Waals surface area contributed by atoms with Crippen LogP contribution in [-0.2, 0) is 19.4 Å². The van der Waals surface area contributed by atoms with Crippen LogP contribution < -0.4 is 5.32 Å². The maximum absolute atomic E-state index is 6.38. The van der Waals surface area contributed by atoms with Crippen molar-refractivity contribution >= 4 is 11.6 Å². The molecule has 1 aliphatic heterocycles. The van der Waals surface area contributed by atoms with E-state index in [9.17, 15) is 0 Å². The number of halogens is 1. The van der Waals surface area contributed by atoms with Gasteiger partial charge in [0.25, 0.3) is 0 Å². The third kappa shape index (κ3) is 2.25. The second kappa shape index (κ2) is 5.19. The molecule has 1 unspecified atom stereocenters. The summed E-state index contributed by atoms with van der Waals surface area (Å²) < 4.78 is 2.06. The lowest BCUT2D eigenvalue weighted by molar-refractivity contribution is 0.547. The van der Waals surface area contributed by atoms with Crippen LogP contribution in [0.2, 0.25) is 5.02 Å². The Labute approximate surface area is 102 Å². The third-order valence-electron chi connectivity index (χ3n) is 3.30. The van der Waals surface area contributed by atoms with Crippen molar-refractivity contribution < 1.29 is 0 Å². The number of aromatic nitrogens is 2. The fourth-order valence-electron chi connectivity index (χ4n) is 2.38. The van der Waals surface area contributed by atoms with E-state index >= 15 is 0 Å². The Hall–Kier alpha value is -0.540. The zero-order valence-corrected chi connectivity index (χ0v) is 10.8. The van der Waals surface area contributed by atoms with Gasteiger partial charge in [0.15, 0.2) is 0 Å². The van der Waals surface area contributed by atoms with Crippen molar-refractivity contribution in [3.05, 3.63) is 16.4 Å². The molecule has 3 nitrogen and oxygen atoms in total. The summed E-state index contributed by atoms with van der Waals surface area (Å²) in [5.74, 6) is 0. The minimum Gasteiger partial charge on any atom is -0.314 e. The van der Waals surface area contributed by atoms with Crippen LogP contribution in [0.25, 0.3) is 0 Å². The van der Waals surface area contributed by atoms with Gasteiger partial charge in [-0.05, 0) is 32.7 Å². The van der Waals surface area contributed by atoms with E-state index in [2.05, 4.69) is 28.9 Å². The summed E-state index contributed by atoms with van der Waals surface area (Å²) in [6.07, 6.45) is 4.46. The van der Waals surface area contributed by atoms with Gasteiger partial charge in [0, 0.05) is 19.0 Å². The first-order valence-corrected chi connectivity index (χ1v) is 6.61. The van der Waals surface area contributed by atoms with Crippen LogP contribution in [0.15, 0.2) is 0 Å². The predicted molar refractivity (Wildman–Crippen MR) is 67.0 cm³/mol. The molecular weight excluding hydrogens is 222 g/mol. The second-order valence-corrected chi connectivity index (χ2v) is 4.75. The predicted octanol–water partition coefficient (Wildman–Crippen LogP) is 2.41. The highest BCUT2D eigenvalue weighted by Gasteiger charge is 2.20. The van der Waals surface area contributed by atoms with Gasteiger partial charge in [0.1, 0.15) is 0 Å². The van der Waals surface area contributed by atoms with Crippen LogP contribution in [0, 0.1) is 0 Å². The van der Waals surface area contributed by atoms with E-state index in [1.165, 1.54) is 18.5 Å². The number of nitrogens with zero attached hydrogens (tertiary/aromatic N) is 2. The van der Waals surface area contributed by atoms with Crippen molar-refractivity contribution in [1.29, 1.82) is 0 Å². The van der Waals surface area contributed by atoms with E-state index in [0.717, 1.165) is 36.6 Å². The Balaban J connectivity index is 2.19. The Kier molecular flexibility index (Phi) is 3.87. The maximum atomic E-state index is 6.38. The van der Waals surface area contributed by atoms with Gasteiger partial charge in [-0.25, -0.2) is 0 Å². The highest BCUT2D eigenvalue weighted by atomic mass is 35.5. The molecule has 2 rings (SSSR count). The molecule has 1 aromatic heterocycles. The highest BCUT2D eigenvalue weighted by Crippen LogP contribution is 2.24. The van der Waals surface area contributed by atoms with Crippen LogP contribution in [0.3, 0.4) is 0 Å². The molecule has 0 bridgehead atoms. The van der Waals surface area contributed by atoms with Crippen molar-refractivity contribution in [2.75, 3.05) is 6.54 Å². The largest absolute Gasteiger partial charge is 0.314 e. The average molecular weight is 242 g/mol. The van der Waals surface area contributed by atoms with Gasteiger partial charge in [-0.15, -0.1) is 0 Å². The molecule has 1 fully saturated rings. The number of rotatable bonds is 4. The summed E-state index contributed by atoms with van der Waals surface area (Å²) >= 11 is 6.38. The molecule has 0 spiro atoms. The molecule has 0 aromatic carbocycles. The zero-order chi connectivity index (χ0) is 11.5. The maximum Gasteiger partial charge on any atom is 0.0850 e. The van der Waals surface area contributed by atoms with Gasteiger partial charge in [-0.3, -0.25) is 4.68 Å². The molecule has 1 N–H and O–H groups in total. The van der Waals surface area contributed by atoms with Gasteiger partial charge < -0.3 is 5.32 Å². The van der Waals surface area contributed by atoms with E-state index in [1.807, 2.05) is 0 Å². The monoisotopic (exact) mass is 241 g/mol. The molecule has 1 aliphatic rings. The summed E-state index contributed by atoms with van der Waals surface area (Å²) in [5.41, 5.74) is 2.25. The average Bonchev–Trinajstić information content (AvgIpc) is 2.89. The molecular formula is C12H20ClN3. The quantitative estimate of drug-likeness (QED) is 0.878. The normalized spacial score (nSPS) is 20.6. The molecule has 1 saturated heterocycles. The molecule has 16 heavy (non-hydrogen) atoms. The molecule has 1 aromatic rings. The molecule has 1 atom stereocenters. The summed E-state index contributed by atoms with van der Waals surface area (Å²) in [4.78, 5) is 0. The fraction of sp³-hybridized carbons (Fsp3) is 0.750. The van der Waals surface area contributed by atoms with E-state index in [4.69, 9.17) is 11.6 Å². The van der Waals surface area contributed by atoms with Gasteiger partial charge in [0.2, 0.25) is 0 Å². The van der Waals surface area contributed by atoms with Crippen molar-refractivity contribution in [1.82, 2.24) is 15.1 Å². The van der Waals surface area contributed by atoms with Gasteiger partial charge in [-0.2, -0.15) is 5.10 Å².